The zero-order valence-electron chi connectivity index (χ0n) is 22.7. The third kappa shape index (κ3) is 7.67. The number of fused-ring (bicyclic) bond motifs is 1. The Morgan fingerprint density at radius 2 is 1.90 bits per heavy atom. The Kier molecular flexibility index (Phi) is 9.06. The average Bonchev–Trinajstić information content (AvgIpc) is 3.24. The molecule has 0 radical (unpaired) electrons. The number of amides is 1. The van der Waals surface area contributed by atoms with Crippen LogP contribution in [0.2, 0.25) is 0 Å². The van der Waals surface area contributed by atoms with Crippen LogP contribution in [-0.4, -0.2) is 67.7 Å². The van der Waals surface area contributed by atoms with Crippen LogP contribution in [0.5, 0.6) is 5.75 Å². The third-order valence-corrected chi connectivity index (χ3v) is 7.16. The molecule has 1 unspecified atom stereocenters. The number of sulfone groups is 1. The van der Waals surface area contributed by atoms with E-state index in [9.17, 15) is 31.5 Å². The van der Waals surface area contributed by atoms with Gasteiger partial charge in [0.25, 0.3) is 5.91 Å². The predicted octanol–water partition coefficient (Wildman–Crippen LogP) is 3.61. The van der Waals surface area contributed by atoms with E-state index in [1.165, 1.54) is 37.4 Å². The summed E-state index contributed by atoms with van der Waals surface area (Å²) in [6.07, 6.45) is -2.42. The van der Waals surface area contributed by atoms with E-state index in [0.29, 0.717) is 11.4 Å². The molecule has 3 aromatic rings. The lowest BCUT2D eigenvalue weighted by Crippen LogP contribution is -2.46. The van der Waals surface area contributed by atoms with Crippen molar-refractivity contribution >= 4 is 32.5 Å². The maximum Gasteiger partial charge on any atom is 0.406 e. The molecule has 9 nitrogen and oxygen atoms in total. The summed E-state index contributed by atoms with van der Waals surface area (Å²) >= 11 is 0. The van der Waals surface area contributed by atoms with Gasteiger partial charge in [0.1, 0.15) is 17.8 Å². The minimum atomic E-state index is -4.52. The number of nitrogens with one attached hydrogen (secondary N) is 2. The quantitative estimate of drug-likeness (QED) is 0.348. The highest BCUT2D eigenvalue weighted by Crippen LogP contribution is 2.28. The SMILES string of the molecule is COc1ccc(S(C)(=O)=O)cc1NCC#Cc1cc(C(=O)NC(CO)C(C)(C)C)c2ncn(CC(F)(F)F)c2c1. The first-order valence-electron chi connectivity index (χ1n) is 12.1. The van der Waals surface area contributed by atoms with Gasteiger partial charge in [-0.3, -0.25) is 4.79 Å². The number of carbonyl (C=O) groups is 1. The molecule has 40 heavy (non-hydrogen) atoms. The number of anilines is 1. The third-order valence-electron chi connectivity index (χ3n) is 6.05. The first-order chi connectivity index (χ1) is 18.5. The van der Waals surface area contributed by atoms with Gasteiger partial charge in [-0.2, -0.15) is 13.2 Å². The number of alkyl halides is 3. The Morgan fingerprint density at radius 3 is 2.48 bits per heavy atom. The van der Waals surface area contributed by atoms with Crippen LogP contribution in [-0.2, 0) is 16.4 Å². The first kappa shape index (κ1) is 30.8. The second kappa shape index (κ2) is 11.8. The molecule has 0 saturated carbocycles. The fraction of sp³-hybridized carbons (Fsp3) is 0.407. The highest BCUT2D eigenvalue weighted by Gasteiger charge is 2.30. The average molecular weight is 581 g/mol. The smallest absolute Gasteiger partial charge is 0.406 e. The summed E-state index contributed by atoms with van der Waals surface area (Å²) in [5.74, 6) is 5.46. The van der Waals surface area contributed by atoms with E-state index in [-0.39, 0.29) is 40.2 Å². The molecule has 0 aliphatic carbocycles. The molecule has 1 atom stereocenters. The Hall–Kier alpha value is -3.76. The van der Waals surface area contributed by atoms with E-state index in [4.69, 9.17) is 4.74 Å². The highest BCUT2D eigenvalue weighted by molar-refractivity contribution is 7.90. The van der Waals surface area contributed by atoms with Crippen molar-refractivity contribution in [3.05, 3.63) is 47.8 Å². The van der Waals surface area contributed by atoms with Crippen molar-refractivity contribution in [2.45, 2.75) is 44.4 Å². The molecule has 2 aromatic carbocycles. The van der Waals surface area contributed by atoms with Gasteiger partial charge in [-0.1, -0.05) is 32.6 Å². The second-order valence-electron chi connectivity index (χ2n) is 10.2. The zero-order chi connectivity index (χ0) is 29.9. The van der Waals surface area contributed by atoms with E-state index in [2.05, 4.69) is 27.5 Å². The Bertz CT molecular complexity index is 1560. The van der Waals surface area contributed by atoms with Crippen molar-refractivity contribution in [3.8, 4) is 17.6 Å². The Morgan fingerprint density at radius 1 is 1.20 bits per heavy atom. The number of nitrogens with zero attached hydrogens (tertiary/aromatic N) is 2. The topological polar surface area (TPSA) is 123 Å². The molecule has 1 heterocycles. The van der Waals surface area contributed by atoms with Crippen LogP contribution in [0.15, 0.2) is 41.6 Å². The number of ether oxygens (including phenoxy) is 1. The van der Waals surface area contributed by atoms with Gasteiger partial charge in [-0.05, 0) is 35.7 Å². The number of imidazole rings is 1. The molecule has 3 N–H and O–H groups in total. The van der Waals surface area contributed by atoms with Crippen LogP contribution in [0.4, 0.5) is 18.9 Å². The molecule has 1 amide bonds. The number of aliphatic hydroxyl groups excluding tert-OH is 1. The maximum absolute atomic E-state index is 13.2. The van der Waals surface area contributed by atoms with Crippen molar-refractivity contribution in [3.63, 3.8) is 0 Å². The van der Waals surface area contributed by atoms with E-state index in [1.807, 2.05) is 20.8 Å². The maximum atomic E-state index is 13.2. The van der Waals surface area contributed by atoms with Crippen LogP contribution in [0, 0.1) is 17.3 Å². The molecule has 13 heteroatoms. The van der Waals surface area contributed by atoms with E-state index in [0.717, 1.165) is 17.2 Å². The highest BCUT2D eigenvalue weighted by atomic mass is 32.2. The Labute approximate surface area is 230 Å². The lowest BCUT2D eigenvalue weighted by atomic mass is 9.87. The van der Waals surface area contributed by atoms with Crippen LogP contribution >= 0.6 is 0 Å². The van der Waals surface area contributed by atoms with E-state index in [1.54, 1.807) is 0 Å². The van der Waals surface area contributed by atoms with Crippen LogP contribution in [0.25, 0.3) is 11.0 Å². The summed E-state index contributed by atoms with van der Waals surface area (Å²) < 4.78 is 69.5. The van der Waals surface area contributed by atoms with Gasteiger partial charge in [0.05, 0.1) is 54.3 Å². The molecule has 0 spiro atoms. The summed E-state index contributed by atoms with van der Waals surface area (Å²) in [4.78, 5) is 17.3. The van der Waals surface area contributed by atoms with Crippen molar-refractivity contribution in [1.29, 1.82) is 0 Å². The first-order valence-corrected chi connectivity index (χ1v) is 14.0. The minimum Gasteiger partial charge on any atom is -0.495 e. The molecular formula is C27H31F3N4O5S. The van der Waals surface area contributed by atoms with Gasteiger partial charge < -0.3 is 25.0 Å². The summed E-state index contributed by atoms with van der Waals surface area (Å²) in [6.45, 7) is 3.88. The number of carbonyl (C=O) groups excluding carboxylic acids is 1. The fourth-order valence-corrected chi connectivity index (χ4v) is 4.49. The normalized spacial score (nSPS) is 12.9. The monoisotopic (exact) mass is 580 g/mol. The molecule has 0 aliphatic rings. The van der Waals surface area contributed by atoms with Crippen LogP contribution < -0.4 is 15.4 Å². The van der Waals surface area contributed by atoms with Crippen molar-refractivity contribution < 1.29 is 36.2 Å². The molecule has 0 aliphatic heterocycles. The number of benzene rings is 2. The van der Waals surface area contributed by atoms with E-state index >= 15 is 0 Å². The van der Waals surface area contributed by atoms with Gasteiger partial charge in [0.15, 0.2) is 9.84 Å². The molecule has 0 fully saturated rings. The van der Waals surface area contributed by atoms with E-state index < -0.39 is 39.9 Å². The summed E-state index contributed by atoms with van der Waals surface area (Å²) in [6, 6.07) is 6.55. The lowest BCUT2D eigenvalue weighted by Gasteiger charge is -2.29. The Balaban J connectivity index is 1.98. The molecule has 0 bridgehead atoms. The molecular weight excluding hydrogens is 549 g/mol. The molecule has 3 rings (SSSR count). The fourth-order valence-electron chi connectivity index (χ4n) is 3.84. The number of aromatic nitrogens is 2. The van der Waals surface area contributed by atoms with Gasteiger partial charge in [0.2, 0.25) is 0 Å². The van der Waals surface area contributed by atoms with Crippen molar-refractivity contribution in [1.82, 2.24) is 14.9 Å². The second-order valence-corrected chi connectivity index (χ2v) is 12.3. The number of rotatable bonds is 8. The number of methoxy groups -OCH3 is 1. The van der Waals surface area contributed by atoms with Crippen LogP contribution in [0.1, 0.15) is 36.7 Å². The molecule has 1 aromatic heterocycles. The summed E-state index contributed by atoms with van der Waals surface area (Å²) in [5, 5.41) is 15.5. The van der Waals surface area contributed by atoms with Crippen molar-refractivity contribution in [2.75, 3.05) is 31.8 Å². The minimum absolute atomic E-state index is 0.0147. The zero-order valence-corrected chi connectivity index (χ0v) is 23.5. The van der Waals surface area contributed by atoms with Gasteiger partial charge in [-0.15, -0.1) is 0 Å². The summed E-state index contributed by atoms with van der Waals surface area (Å²) in [5.41, 5.74) is 0.310. The summed E-state index contributed by atoms with van der Waals surface area (Å²) in [7, 11) is -2.03. The number of aliphatic hydroxyl groups is 1. The predicted molar refractivity (Wildman–Crippen MR) is 145 cm³/mol. The molecule has 0 saturated heterocycles. The largest absolute Gasteiger partial charge is 0.495 e. The number of halogens is 3. The standard InChI is InChI=1S/C27H31F3N4O5S/c1-26(2,3)23(14-35)33-25(36)19-11-17(12-21-24(19)32-16-34(21)15-27(28,29)30)7-6-10-31-20-13-18(40(5,37)38)8-9-22(20)39-4/h8-9,11-13,16,23,31,35H,10,14-15H2,1-5H3,(H,33,36). The van der Waals surface area contributed by atoms with Crippen LogP contribution in [0.3, 0.4) is 0 Å². The van der Waals surface area contributed by atoms with Gasteiger partial charge >= 0.3 is 6.18 Å². The van der Waals surface area contributed by atoms with Gasteiger partial charge in [-0.25, -0.2) is 13.4 Å². The lowest BCUT2D eigenvalue weighted by molar-refractivity contribution is -0.139. The van der Waals surface area contributed by atoms with Gasteiger partial charge in [0, 0.05) is 11.8 Å². The number of hydrogen-bond donors (Lipinski definition) is 3. The van der Waals surface area contributed by atoms with Crippen molar-refractivity contribution in [2.24, 2.45) is 5.41 Å². The number of hydrogen-bond acceptors (Lipinski definition) is 7. The molecule has 216 valence electrons.